The molecule has 10 heavy (non-hydrogen) atoms. The van der Waals surface area contributed by atoms with Crippen LogP contribution in [0.3, 0.4) is 0 Å². The van der Waals surface area contributed by atoms with Crippen LogP contribution in [-0.2, 0) is 0 Å². The zero-order valence-corrected chi connectivity index (χ0v) is 6.62. The van der Waals surface area contributed by atoms with E-state index in [1.165, 1.54) is 0 Å². The molecule has 0 aliphatic heterocycles. The van der Waals surface area contributed by atoms with E-state index in [-0.39, 0.29) is 0 Å². The summed E-state index contributed by atoms with van der Waals surface area (Å²) in [5.74, 6) is 0. The van der Waals surface area contributed by atoms with Crippen molar-refractivity contribution in [2.75, 3.05) is 26.7 Å². The molecule has 0 fully saturated rings. The second kappa shape index (κ2) is 6.39. The van der Waals surface area contributed by atoms with Crippen molar-refractivity contribution in [3.63, 3.8) is 0 Å². The van der Waals surface area contributed by atoms with Crippen LogP contribution in [0.25, 0.3) is 10.4 Å². The van der Waals surface area contributed by atoms with Crippen molar-refractivity contribution in [1.82, 2.24) is 4.90 Å². The molecule has 0 saturated heterocycles. The lowest BCUT2D eigenvalue weighted by molar-refractivity contribution is 0.349. The summed E-state index contributed by atoms with van der Waals surface area (Å²) >= 11 is 0. The van der Waals surface area contributed by atoms with Gasteiger partial charge in [0.05, 0.1) is 0 Å². The van der Waals surface area contributed by atoms with Gasteiger partial charge in [-0.2, -0.15) is 0 Å². The van der Waals surface area contributed by atoms with E-state index in [0.717, 1.165) is 19.5 Å². The average Bonchev–Trinajstić information content (AvgIpc) is 1.98. The molecule has 0 N–H and O–H groups in total. The lowest BCUT2D eigenvalue weighted by Gasteiger charge is -2.11. The van der Waals surface area contributed by atoms with Crippen LogP contribution in [0.4, 0.5) is 0 Å². The van der Waals surface area contributed by atoms with Crippen LogP contribution in [-0.4, -0.2) is 31.6 Å². The molecule has 0 atom stereocenters. The molecule has 0 aromatic rings. The number of hydrogen-bond donors (Lipinski definition) is 0. The quantitative estimate of drug-likeness (QED) is 0.249. The molecule has 0 unspecified atom stereocenters. The normalized spacial score (nSPS) is 9.50. The summed E-state index contributed by atoms with van der Waals surface area (Å²) in [5.41, 5.74) is 7.93. The zero-order chi connectivity index (χ0) is 7.82. The fourth-order valence-electron chi connectivity index (χ4n) is 0.614. The Morgan fingerprint density at radius 3 is 2.80 bits per heavy atom. The van der Waals surface area contributed by atoms with Crippen LogP contribution in [0.1, 0.15) is 13.3 Å². The van der Waals surface area contributed by atoms with Crippen molar-refractivity contribution in [3.05, 3.63) is 10.4 Å². The molecule has 0 radical (unpaired) electrons. The van der Waals surface area contributed by atoms with Gasteiger partial charge in [0.2, 0.25) is 0 Å². The first-order valence-electron chi connectivity index (χ1n) is 3.50. The lowest BCUT2D eigenvalue weighted by atomic mass is 10.4. The second-order valence-electron chi connectivity index (χ2n) is 2.20. The molecule has 4 heteroatoms. The van der Waals surface area contributed by atoms with Gasteiger partial charge in [0.25, 0.3) is 0 Å². The Labute approximate surface area is 61.5 Å². The van der Waals surface area contributed by atoms with E-state index in [0.29, 0.717) is 6.54 Å². The SMILES string of the molecule is CCN(C)CCCN=[N+]=[N-]. The molecule has 58 valence electrons. The van der Waals surface area contributed by atoms with E-state index < -0.39 is 0 Å². The summed E-state index contributed by atoms with van der Waals surface area (Å²) < 4.78 is 0. The van der Waals surface area contributed by atoms with E-state index in [2.05, 4.69) is 28.9 Å². The molecule has 0 amide bonds. The minimum atomic E-state index is 0.612. The Morgan fingerprint density at radius 1 is 1.60 bits per heavy atom. The highest BCUT2D eigenvalue weighted by Gasteiger charge is 1.90. The van der Waals surface area contributed by atoms with E-state index in [4.69, 9.17) is 5.53 Å². The van der Waals surface area contributed by atoms with E-state index in [9.17, 15) is 0 Å². The number of rotatable bonds is 5. The van der Waals surface area contributed by atoms with Crippen molar-refractivity contribution in [3.8, 4) is 0 Å². The Morgan fingerprint density at radius 2 is 2.30 bits per heavy atom. The maximum atomic E-state index is 7.93. The standard InChI is InChI=1S/C6H14N4/c1-3-10(2)6-4-5-8-9-7/h3-6H2,1-2H3. The van der Waals surface area contributed by atoms with Crippen LogP contribution in [0.5, 0.6) is 0 Å². The van der Waals surface area contributed by atoms with Gasteiger partial charge in [-0.1, -0.05) is 12.0 Å². The first kappa shape index (κ1) is 9.27. The summed E-state index contributed by atoms with van der Waals surface area (Å²) in [5, 5.41) is 3.43. The van der Waals surface area contributed by atoms with Crippen LogP contribution in [0, 0.1) is 0 Å². The number of nitrogens with zero attached hydrogens (tertiary/aromatic N) is 4. The van der Waals surface area contributed by atoms with E-state index >= 15 is 0 Å². The van der Waals surface area contributed by atoms with Crippen LogP contribution >= 0.6 is 0 Å². The van der Waals surface area contributed by atoms with Crippen LogP contribution in [0.15, 0.2) is 5.11 Å². The van der Waals surface area contributed by atoms with Gasteiger partial charge in [0.15, 0.2) is 0 Å². The Hall–Kier alpha value is -0.730. The molecule has 0 spiro atoms. The summed E-state index contributed by atoms with van der Waals surface area (Å²) in [4.78, 5) is 4.85. The molecule has 0 aromatic carbocycles. The van der Waals surface area contributed by atoms with Gasteiger partial charge >= 0.3 is 0 Å². The first-order chi connectivity index (χ1) is 4.81. The molecule has 0 rings (SSSR count). The topological polar surface area (TPSA) is 52.0 Å². The van der Waals surface area contributed by atoms with Gasteiger partial charge in [0.1, 0.15) is 0 Å². The van der Waals surface area contributed by atoms with Gasteiger partial charge in [0, 0.05) is 11.5 Å². The molecule has 0 aliphatic carbocycles. The van der Waals surface area contributed by atoms with Crippen molar-refractivity contribution >= 4 is 0 Å². The average molecular weight is 142 g/mol. The summed E-state index contributed by atoms with van der Waals surface area (Å²) in [6.45, 7) is 4.78. The highest BCUT2D eigenvalue weighted by molar-refractivity contribution is 4.51. The minimum Gasteiger partial charge on any atom is -0.307 e. The molecule has 0 bridgehead atoms. The Balaban J connectivity index is 3.10. The molecular formula is C6H14N4. The molecule has 0 aliphatic rings. The Kier molecular flexibility index (Phi) is 5.92. The summed E-state index contributed by atoms with van der Waals surface area (Å²) in [6.07, 6.45) is 0.953. The predicted molar refractivity (Wildman–Crippen MR) is 41.8 cm³/mol. The number of azide groups is 1. The minimum absolute atomic E-state index is 0.612. The van der Waals surface area contributed by atoms with Gasteiger partial charge in [-0.25, -0.2) is 0 Å². The van der Waals surface area contributed by atoms with Crippen molar-refractivity contribution in [2.24, 2.45) is 5.11 Å². The third-order valence-corrected chi connectivity index (χ3v) is 1.40. The van der Waals surface area contributed by atoms with Crippen molar-refractivity contribution < 1.29 is 0 Å². The van der Waals surface area contributed by atoms with Gasteiger partial charge in [-0.05, 0) is 32.1 Å². The van der Waals surface area contributed by atoms with Crippen LogP contribution in [0.2, 0.25) is 0 Å². The molecule has 4 nitrogen and oxygen atoms in total. The zero-order valence-electron chi connectivity index (χ0n) is 6.62. The van der Waals surface area contributed by atoms with Crippen molar-refractivity contribution in [1.29, 1.82) is 0 Å². The maximum absolute atomic E-state index is 7.93. The largest absolute Gasteiger partial charge is 0.307 e. The highest BCUT2D eigenvalue weighted by atomic mass is 15.1. The van der Waals surface area contributed by atoms with Crippen molar-refractivity contribution in [2.45, 2.75) is 13.3 Å². The van der Waals surface area contributed by atoms with E-state index in [1.54, 1.807) is 0 Å². The van der Waals surface area contributed by atoms with Gasteiger partial charge in [-0.3, -0.25) is 0 Å². The summed E-state index contributed by atoms with van der Waals surface area (Å²) in [6, 6.07) is 0. The molecule has 0 aromatic heterocycles. The third kappa shape index (κ3) is 5.41. The molecule has 0 saturated carbocycles. The fourth-order valence-corrected chi connectivity index (χ4v) is 0.614. The molecule has 0 heterocycles. The van der Waals surface area contributed by atoms with Crippen LogP contribution < -0.4 is 0 Å². The fraction of sp³-hybridized carbons (Fsp3) is 1.00. The van der Waals surface area contributed by atoms with Gasteiger partial charge < -0.3 is 4.90 Å². The smallest absolute Gasteiger partial charge is 0.0270 e. The maximum Gasteiger partial charge on any atom is 0.0270 e. The second-order valence-corrected chi connectivity index (χ2v) is 2.20. The lowest BCUT2D eigenvalue weighted by Crippen LogP contribution is -2.19. The van der Waals surface area contributed by atoms with Gasteiger partial charge in [-0.15, -0.1) is 0 Å². The Bertz CT molecular complexity index is 117. The molecular weight excluding hydrogens is 128 g/mol. The predicted octanol–water partition coefficient (Wildman–Crippen LogP) is 1.64. The monoisotopic (exact) mass is 142 g/mol. The first-order valence-corrected chi connectivity index (χ1v) is 3.50. The highest BCUT2D eigenvalue weighted by Crippen LogP contribution is 1.86. The number of hydrogen-bond acceptors (Lipinski definition) is 2. The van der Waals surface area contributed by atoms with E-state index in [1.807, 2.05) is 0 Å². The summed E-state index contributed by atoms with van der Waals surface area (Å²) in [7, 11) is 2.05. The third-order valence-electron chi connectivity index (χ3n) is 1.40.